The van der Waals surface area contributed by atoms with Crippen LogP contribution in [0.2, 0.25) is 0 Å². The van der Waals surface area contributed by atoms with Crippen LogP contribution in [-0.4, -0.2) is 18.1 Å². The minimum Gasteiger partial charge on any atom is -0.440 e. The molecule has 1 aromatic carbocycles. The minimum atomic E-state index is -0.229. The summed E-state index contributed by atoms with van der Waals surface area (Å²) in [4.78, 5) is 6.30. The van der Waals surface area contributed by atoms with Gasteiger partial charge in [-0.1, -0.05) is 6.07 Å². The maximum atomic E-state index is 9.55. The fraction of sp³-hybridized carbons (Fsp3) is 0.263. The lowest BCUT2D eigenvalue weighted by Gasteiger charge is -2.28. The molecule has 0 spiro atoms. The Balaban J connectivity index is 2.13. The van der Waals surface area contributed by atoms with Crippen molar-refractivity contribution in [2.45, 2.75) is 19.8 Å². The number of allylic oxidation sites excluding steroid dienone is 1. The fourth-order valence-corrected chi connectivity index (χ4v) is 3.13. The number of anilines is 1. The van der Waals surface area contributed by atoms with E-state index in [0.717, 1.165) is 29.9 Å². The molecule has 3 rings (SSSR count). The zero-order valence-electron chi connectivity index (χ0n) is 13.9. The molecule has 5 heteroatoms. The molecule has 5 nitrogen and oxygen atoms in total. The largest absolute Gasteiger partial charge is 0.440 e. The summed E-state index contributed by atoms with van der Waals surface area (Å²) in [7, 11) is 0. The first kappa shape index (κ1) is 15.9. The van der Waals surface area contributed by atoms with Crippen LogP contribution in [0.4, 0.5) is 5.69 Å². The highest BCUT2D eigenvalue weighted by molar-refractivity contribution is 5.61. The molecule has 0 bridgehead atoms. The number of ether oxygens (including phenoxy) is 1. The van der Waals surface area contributed by atoms with Gasteiger partial charge < -0.3 is 15.4 Å². The molecule has 2 aromatic rings. The second kappa shape index (κ2) is 6.63. The predicted octanol–water partition coefficient (Wildman–Crippen LogP) is 3.15. The minimum absolute atomic E-state index is 0.170. The summed E-state index contributed by atoms with van der Waals surface area (Å²) >= 11 is 0. The Morgan fingerprint density at radius 2 is 1.92 bits per heavy atom. The Bertz CT molecular complexity index is 804. The number of hydrogen-bond acceptors (Lipinski definition) is 5. The summed E-state index contributed by atoms with van der Waals surface area (Å²) in [5, 5.41) is 9.55. The average molecular weight is 320 g/mol. The van der Waals surface area contributed by atoms with Gasteiger partial charge in [0.15, 0.2) is 0 Å². The van der Waals surface area contributed by atoms with E-state index in [1.165, 1.54) is 0 Å². The molecule has 1 aliphatic rings. The van der Waals surface area contributed by atoms with Crippen molar-refractivity contribution in [3.63, 3.8) is 0 Å². The third kappa shape index (κ3) is 2.67. The van der Waals surface area contributed by atoms with Gasteiger partial charge in [-0.25, -0.2) is 0 Å². The van der Waals surface area contributed by atoms with Gasteiger partial charge in [0, 0.05) is 42.8 Å². The average Bonchev–Trinajstić information content (AvgIpc) is 2.62. The van der Waals surface area contributed by atoms with Crippen molar-refractivity contribution in [3.05, 3.63) is 65.3 Å². The van der Waals surface area contributed by atoms with E-state index < -0.39 is 0 Å². The number of fused-ring (bicyclic) bond motifs is 1. The molecule has 1 aromatic heterocycles. The van der Waals surface area contributed by atoms with E-state index in [-0.39, 0.29) is 11.8 Å². The number of nitriles is 1. The van der Waals surface area contributed by atoms with Gasteiger partial charge in [-0.15, -0.1) is 0 Å². The van der Waals surface area contributed by atoms with Gasteiger partial charge in [-0.05, 0) is 37.6 Å². The van der Waals surface area contributed by atoms with E-state index in [9.17, 15) is 5.26 Å². The molecule has 0 fully saturated rings. The fourth-order valence-electron chi connectivity index (χ4n) is 3.13. The van der Waals surface area contributed by atoms with Gasteiger partial charge in [-0.2, -0.15) is 5.26 Å². The zero-order chi connectivity index (χ0) is 17.1. The lowest BCUT2D eigenvalue weighted by molar-refractivity contribution is 0.393. The Kier molecular flexibility index (Phi) is 4.39. The van der Waals surface area contributed by atoms with Gasteiger partial charge in [0.05, 0.1) is 5.92 Å². The summed E-state index contributed by atoms with van der Waals surface area (Å²) in [5.74, 6) is 0.647. The highest BCUT2D eigenvalue weighted by Gasteiger charge is 2.30. The van der Waals surface area contributed by atoms with E-state index in [1.54, 1.807) is 12.4 Å². The van der Waals surface area contributed by atoms with Crippen LogP contribution in [0.15, 0.2) is 54.2 Å². The molecule has 2 N–H and O–H groups in total. The Morgan fingerprint density at radius 1 is 1.21 bits per heavy atom. The van der Waals surface area contributed by atoms with Crippen LogP contribution in [0.3, 0.4) is 0 Å². The molecular weight excluding hydrogens is 300 g/mol. The molecule has 0 radical (unpaired) electrons. The molecule has 0 unspecified atom stereocenters. The number of rotatable bonds is 4. The molecular formula is C19H20N4O. The van der Waals surface area contributed by atoms with Crippen molar-refractivity contribution in [2.75, 3.05) is 18.0 Å². The monoisotopic (exact) mass is 320 g/mol. The molecule has 0 saturated carbocycles. The first-order valence-electron chi connectivity index (χ1n) is 8.06. The van der Waals surface area contributed by atoms with Crippen LogP contribution in [0, 0.1) is 11.3 Å². The number of pyridine rings is 1. The number of nitrogens with zero attached hydrogens (tertiary/aromatic N) is 3. The van der Waals surface area contributed by atoms with Gasteiger partial charge in [-0.3, -0.25) is 4.98 Å². The third-order valence-electron chi connectivity index (χ3n) is 4.37. The Hall–Kier alpha value is -3.00. The maximum Gasteiger partial charge on any atom is 0.205 e. The standard InChI is InChI=1S/C19H20N4O/c1-3-23(4-2)14-5-6-15-17(11-14)24-19(21)16(12-20)18(15)13-7-9-22-10-8-13/h5-11,18H,3-4,21H2,1-2H3/t18-/m0/s1. The molecule has 0 saturated heterocycles. The van der Waals surface area contributed by atoms with Crippen molar-refractivity contribution in [2.24, 2.45) is 5.73 Å². The highest BCUT2D eigenvalue weighted by atomic mass is 16.5. The summed E-state index contributed by atoms with van der Waals surface area (Å²) in [6, 6.07) is 12.1. The second-order valence-corrected chi connectivity index (χ2v) is 5.60. The smallest absolute Gasteiger partial charge is 0.205 e. The van der Waals surface area contributed by atoms with E-state index >= 15 is 0 Å². The quantitative estimate of drug-likeness (QED) is 0.936. The highest BCUT2D eigenvalue weighted by Crippen LogP contribution is 2.43. The Morgan fingerprint density at radius 3 is 2.54 bits per heavy atom. The number of nitrogens with two attached hydrogens (primary N) is 1. The van der Waals surface area contributed by atoms with E-state index in [0.29, 0.717) is 11.3 Å². The van der Waals surface area contributed by atoms with E-state index in [1.807, 2.05) is 24.3 Å². The summed E-state index contributed by atoms with van der Waals surface area (Å²) in [5.41, 5.74) is 9.47. The van der Waals surface area contributed by atoms with E-state index in [2.05, 4.69) is 35.9 Å². The van der Waals surface area contributed by atoms with Crippen molar-refractivity contribution < 1.29 is 4.74 Å². The van der Waals surface area contributed by atoms with Crippen LogP contribution >= 0.6 is 0 Å². The lowest BCUT2D eigenvalue weighted by atomic mass is 9.84. The number of hydrogen-bond donors (Lipinski definition) is 1. The molecule has 0 aliphatic carbocycles. The van der Waals surface area contributed by atoms with Crippen LogP contribution in [0.25, 0.3) is 0 Å². The zero-order valence-corrected chi connectivity index (χ0v) is 13.9. The molecule has 1 atom stereocenters. The van der Waals surface area contributed by atoms with Crippen molar-refractivity contribution in [3.8, 4) is 11.8 Å². The van der Waals surface area contributed by atoms with E-state index in [4.69, 9.17) is 10.5 Å². The van der Waals surface area contributed by atoms with Crippen molar-refractivity contribution >= 4 is 5.69 Å². The summed E-state index contributed by atoms with van der Waals surface area (Å²) in [6.45, 7) is 6.06. The molecule has 122 valence electrons. The Labute approximate surface area is 142 Å². The first-order valence-corrected chi connectivity index (χ1v) is 8.06. The first-order chi connectivity index (χ1) is 11.7. The van der Waals surface area contributed by atoms with Gasteiger partial charge in [0.1, 0.15) is 17.4 Å². The normalized spacial score (nSPS) is 16.1. The van der Waals surface area contributed by atoms with Gasteiger partial charge >= 0.3 is 0 Å². The van der Waals surface area contributed by atoms with Crippen LogP contribution in [0.1, 0.15) is 30.9 Å². The topological polar surface area (TPSA) is 75.2 Å². The van der Waals surface area contributed by atoms with Crippen molar-refractivity contribution in [1.82, 2.24) is 4.98 Å². The third-order valence-corrected chi connectivity index (χ3v) is 4.37. The molecule has 1 aliphatic heterocycles. The number of benzene rings is 1. The van der Waals surface area contributed by atoms with Crippen molar-refractivity contribution in [1.29, 1.82) is 5.26 Å². The summed E-state index contributed by atoms with van der Waals surface area (Å²) in [6.07, 6.45) is 3.44. The van der Waals surface area contributed by atoms with Crippen LogP contribution < -0.4 is 15.4 Å². The van der Waals surface area contributed by atoms with Gasteiger partial charge in [0.25, 0.3) is 0 Å². The number of aromatic nitrogens is 1. The SMILES string of the molecule is CCN(CC)c1ccc2c(c1)OC(N)=C(C#N)[C@H]2c1ccncc1. The predicted molar refractivity (Wildman–Crippen MR) is 93.5 cm³/mol. The van der Waals surface area contributed by atoms with Crippen LogP contribution in [-0.2, 0) is 0 Å². The second-order valence-electron chi connectivity index (χ2n) is 5.60. The molecule has 0 amide bonds. The maximum absolute atomic E-state index is 9.55. The van der Waals surface area contributed by atoms with Gasteiger partial charge in [0.2, 0.25) is 5.88 Å². The molecule has 2 heterocycles. The lowest BCUT2D eigenvalue weighted by Crippen LogP contribution is -2.24. The molecule has 24 heavy (non-hydrogen) atoms. The summed E-state index contributed by atoms with van der Waals surface area (Å²) < 4.78 is 5.76. The van der Waals surface area contributed by atoms with Crippen LogP contribution in [0.5, 0.6) is 5.75 Å².